The Bertz CT molecular complexity index is 561. The van der Waals surface area contributed by atoms with Gasteiger partial charge in [-0.15, -0.1) is 0 Å². The van der Waals surface area contributed by atoms with Crippen LogP contribution in [0.4, 0.5) is 5.69 Å². The summed E-state index contributed by atoms with van der Waals surface area (Å²) in [6, 6.07) is 5.69. The highest BCUT2D eigenvalue weighted by Gasteiger charge is 2.30. The van der Waals surface area contributed by atoms with Crippen LogP contribution in [0.3, 0.4) is 0 Å². The van der Waals surface area contributed by atoms with E-state index in [4.69, 9.17) is 21.1 Å². The second kappa shape index (κ2) is 7.62. The van der Waals surface area contributed by atoms with Gasteiger partial charge in [0.25, 0.3) is 5.91 Å². The summed E-state index contributed by atoms with van der Waals surface area (Å²) < 4.78 is 10.8. The average molecular weight is 339 g/mol. The van der Waals surface area contributed by atoms with Crippen LogP contribution in [0, 0.1) is 5.92 Å². The molecule has 0 saturated carbocycles. The number of nitrogens with one attached hydrogen (secondary N) is 1. The monoisotopic (exact) mass is 338 g/mol. The average Bonchev–Trinajstić information content (AvgIpc) is 2.97. The summed E-state index contributed by atoms with van der Waals surface area (Å²) in [5, 5.41) is 3.58. The molecule has 2 aliphatic heterocycles. The molecule has 6 heteroatoms. The smallest absolute Gasteiger partial charge is 0.253 e. The Morgan fingerprint density at radius 3 is 2.78 bits per heavy atom. The molecule has 1 amide bonds. The minimum Gasteiger partial charge on any atom is -0.379 e. The second-order valence-electron chi connectivity index (χ2n) is 6.24. The third-order valence-corrected chi connectivity index (χ3v) is 4.82. The van der Waals surface area contributed by atoms with Crippen molar-refractivity contribution < 1.29 is 14.3 Å². The van der Waals surface area contributed by atoms with Gasteiger partial charge in [0.2, 0.25) is 0 Å². The van der Waals surface area contributed by atoms with Crippen LogP contribution in [0.15, 0.2) is 18.2 Å². The molecule has 2 saturated heterocycles. The Morgan fingerprint density at radius 2 is 2.13 bits per heavy atom. The minimum absolute atomic E-state index is 0.0907. The Balaban J connectivity index is 1.61. The number of rotatable bonds is 4. The Morgan fingerprint density at radius 1 is 1.35 bits per heavy atom. The number of carbonyl (C=O) groups excluding carboxylic acids is 1. The van der Waals surface area contributed by atoms with Crippen molar-refractivity contribution in [1.29, 1.82) is 0 Å². The molecule has 126 valence electrons. The highest BCUT2D eigenvalue weighted by molar-refractivity contribution is 6.31. The first-order valence-electron chi connectivity index (χ1n) is 8.14. The quantitative estimate of drug-likeness (QED) is 0.916. The fourth-order valence-corrected chi connectivity index (χ4v) is 3.24. The molecule has 2 heterocycles. The zero-order valence-electron chi connectivity index (χ0n) is 13.4. The minimum atomic E-state index is -0.359. The van der Waals surface area contributed by atoms with Crippen LogP contribution < -0.4 is 5.32 Å². The van der Waals surface area contributed by atoms with E-state index >= 15 is 0 Å². The summed E-state index contributed by atoms with van der Waals surface area (Å²) in [6.45, 7) is 6.88. The molecule has 2 aliphatic rings. The SMILES string of the molecule is C[C@@H]1CCO[C@H]1C(=O)Nc1ccc(CN2CCOCC2)c(Cl)c1. The molecular formula is C17H23ClN2O3. The maximum absolute atomic E-state index is 12.2. The normalized spacial score (nSPS) is 25.5. The number of amides is 1. The molecule has 0 radical (unpaired) electrons. The number of hydrogen-bond acceptors (Lipinski definition) is 4. The van der Waals surface area contributed by atoms with E-state index in [1.54, 1.807) is 0 Å². The van der Waals surface area contributed by atoms with Crippen LogP contribution in [-0.2, 0) is 20.8 Å². The highest BCUT2D eigenvalue weighted by Crippen LogP contribution is 2.25. The van der Waals surface area contributed by atoms with E-state index in [1.807, 2.05) is 25.1 Å². The molecule has 0 unspecified atom stereocenters. The number of nitrogens with zero attached hydrogens (tertiary/aromatic N) is 1. The van der Waals surface area contributed by atoms with Crippen LogP contribution in [0.25, 0.3) is 0 Å². The highest BCUT2D eigenvalue weighted by atomic mass is 35.5. The first-order valence-corrected chi connectivity index (χ1v) is 8.52. The van der Waals surface area contributed by atoms with Gasteiger partial charge in [0.05, 0.1) is 13.2 Å². The lowest BCUT2D eigenvalue weighted by Gasteiger charge is -2.27. The van der Waals surface area contributed by atoms with E-state index < -0.39 is 0 Å². The lowest BCUT2D eigenvalue weighted by Crippen LogP contribution is -2.35. The molecule has 1 N–H and O–H groups in total. The fourth-order valence-electron chi connectivity index (χ4n) is 3.00. The van der Waals surface area contributed by atoms with Crippen molar-refractivity contribution in [2.24, 2.45) is 5.92 Å². The molecule has 0 aliphatic carbocycles. The standard InChI is InChI=1S/C17H23ClN2O3/c1-12-4-7-23-16(12)17(21)19-14-3-2-13(15(18)10-14)11-20-5-8-22-9-6-20/h2-3,10,12,16H,4-9,11H2,1H3,(H,19,21)/t12-,16-/m1/s1. The Labute approximate surface area is 141 Å². The van der Waals surface area contributed by atoms with Crippen molar-refractivity contribution in [3.05, 3.63) is 28.8 Å². The van der Waals surface area contributed by atoms with Crippen molar-refractivity contribution in [3.8, 4) is 0 Å². The number of hydrogen-bond donors (Lipinski definition) is 1. The second-order valence-corrected chi connectivity index (χ2v) is 6.65. The van der Waals surface area contributed by atoms with E-state index in [0.717, 1.165) is 44.8 Å². The zero-order valence-corrected chi connectivity index (χ0v) is 14.1. The Kier molecular flexibility index (Phi) is 5.54. The molecule has 23 heavy (non-hydrogen) atoms. The lowest BCUT2D eigenvalue weighted by atomic mass is 10.0. The van der Waals surface area contributed by atoms with Gasteiger partial charge < -0.3 is 14.8 Å². The van der Waals surface area contributed by atoms with Crippen LogP contribution in [0.1, 0.15) is 18.9 Å². The van der Waals surface area contributed by atoms with E-state index in [0.29, 0.717) is 17.3 Å². The fraction of sp³-hybridized carbons (Fsp3) is 0.588. The van der Waals surface area contributed by atoms with Crippen LogP contribution in [0.2, 0.25) is 5.02 Å². The van der Waals surface area contributed by atoms with Crippen LogP contribution in [0.5, 0.6) is 0 Å². The maximum Gasteiger partial charge on any atom is 0.253 e. The molecule has 3 rings (SSSR count). The maximum atomic E-state index is 12.2. The van der Waals surface area contributed by atoms with Crippen molar-refractivity contribution >= 4 is 23.2 Å². The first-order chi connectivity index (χ1) is 11.1. The Hall–Kier alpha value is -1.14. The first kappa shape index (κ1) is 16.7. The molecule has 1 aromatic carbocycles. The van der Waals surface area contributed by atoms with E-state index in [1.165, 1.54) is 0 Å². The van der Waals surface area contributed by atoms with Gasteiger partial charge in [0.1, 0.15) is 6.10 Å². The van der Waals surface area contributed by atoms with Gasteiger partial charge in [-0.1, -0.05) is 24.6 Å². The number of halogens is 1. The summed E-state index contributed by atoms with van der Waals surface area (Å²) in [4.78, 5) is 14.6. The van der Waals surface area contributed by atoms with E-state index in [-0.39, 0.29) is 17.9 Å². The number of benzene rings is 1. The van der Waals surface area contributed by atoms with Crippen molar-refractivity contribution in [2.75, 3.05) is 38.2 Å². The summed E-state index contributed by atoms with van der Waals surface area (Å²) >= 11 is 6.38. The molecule has 2 fully saturated rings. The lowest BCUT2D eigenvalue weighted by molar-refractivity contribution is -0.126. The van der Waals surface area contributed by atoms with E-state index in [9.17, 15) is 4.79 Å². The third-order valence-electron chi connectivity index (χ3n) is 4.46. The molecule has 5 nitrogen and oxygen atoms in total. The van der Waals surface area contributed by atoms with Gasteiger partial charge >= 0.3 is 0 Å². The predicted molar refractivity (Wildman–Crippen MR) is 89.7 cm³/mol. The summed E-state index contributed by atoms with van der Waals surface area (Å²) in [5.41, 5.74) is 1.78. The zero-order chi connectivity index (χ0) is 16.2. The van der Waals surface area contributed by atoms with Gasteiger partial charge in [0.15, 0.2) is 0 Å². The van der Waals surface area contributed by atoms with Gasteiger partial charge in [-0.2, -0.15) is 0 Å². The largest absolute Gasteiger partial charge is 0.379 e. The van der Waals surface area contributed by atoms with Crippen LogP contribution in [-0.4, -0.2) is 49.8 Å². The number of anilines is 1. The number of ether oxygens (including phenoxy) is 2. The predicted octanol–water partition coefficient (Wildman–Crippen LogP) is 2.54. The molecule has 1 aromatic rings. The topological polar surface area (TPSA) is 50.8 Å². The summed E-state index contributed by atoms with van der Waals surface area (Å²) in [5.74, 6) is 0.165. The third kappa shape index (κ3) is 4.23. The molecule has 0 spiro atoms. The number of morpholine rings is 1. The summed E-state index contributed by atoms with van der Waals surface area (Å²) in [6.07, 6.45) is 0.568. The van der Waals surface area contributed by atoms with Crippen molar-refractivity contribution in [1.82, 2.24) is 4.90 Å². The van der Waals surface area contributed by atoms with Gasteiger partial charge in [-0.25, -0.2) is 0 Å². The number of carbonyl (C=O) groups is 1. The summed E-state index contributed by atoms with van der Waals surface area (Å²) in [7, 11) is 0. The van der Waals surface area contributed by atoms with Gasteiger partial charge in [-0.3, -0.25) is 9.69 Å². The van der Waals surface area contributed by atoms with Gasteiger partial charge in [0, 0.05) is 37.0 Å². The van der Waals surface area contributed by atoms with Gasteiger partial charge in [-0.05, 0) is 30.0 Å². The van der Waals surface area contributed by atoms with Crippen molar-refractivity contribution in [2.45, 2.75) is 26.0 Å². The van der Waals surface area contributed by atoms with Crippen molar-refractivity contribution in [3.63, 3.8) is 0 Å². The molecule has 2 atom stereocenters. The van der Waals surface area contributed by atoms with E-state index in [2.05, 4.69) is 10.2 Å². The molecule has 0 aromatic heterocycles. The molecular weight excluding hydrogens is 316 g/mol. The van der Waals surface area contributed by atoms with Crippen LogP contribution >= 0.6 is 11.6 Å². The molecule has 0 bridgehead atoms.